The molecule has 0 saturated carbocycles. The second-order valence-electron chi connectivity index (χ2n) is 3.60. The molecule has 0 spiro atoms. The van der Waals surface area contributed by atoms with E-state index in [4.69, 9.17) is 4.74 Å². The Morgan fingerprint density at radius 3 is 2.35 bits per heavy atom. The van der Waals surface area contributed by atoms with Crippen LogP contribution in [0.5, 0.6) is 5.75 Å². The number of anilines is 1. The average molecular weight is 231 g/mol. The highest BCUT2D eigenvalue weighted by molar-refractivity contribution is 5.42. The highest BCUT2D eigenvalue weighted by atomic mass is 19.1. The van der Waals surface area contributed by atoms with Crippen molar-refractivity contribution < 1.29 is 9.13 Å². The van der Waals surface area contributed by atoms with E-state index in [2.05, 4.69) is 5.32 Å². The number of rotatable bonds is 5. The van der Waals surface area contributed by atoms with Crippen LogP contribution in [-0.2, 0) is 0 Å². The summed E-state index contributed by atoms with van der Waals surface area (Å²) in [5.41, 5.74) is 0.892. The van der Waals surface area contributed by atoms with Crippen molar-refractivity contribution in [2.75, 3.05) is 18.5 Å². The molecule has 0 aliphatic rings. The molecule has 0 bridgehead atoms. The lowest BCUT2D eigenvalue weighted by Gasteiger charge is -2.08. The van der Waals surface area contributed by atoms with Crippen molar-refractivity contribution in [2.24, 2.45) is 0 Å². The molecule has 0 fully saturated rings. The molecule has 1 N–H and O–H groups in total. The van der Waals surface area contributed by atoms with Crippen molar-refractivity contribution in [3.05, 3.63) is 60.4 Å². The van der Waals surface area contributed by atoms with Crippen LogP contribution in [0.2, 0.25) is 0 Å². The van der Waals surface area contributed by atoms with Gasteiger partial charge in [0.25, 0.3) is 0 Å². The summed E-state index contributed by atoms with van der Waals surface area (Å²) >= 11 is 0. The molecule has 0 aliphatic heterocycles. The molecule has 0 aromatic heterocycles. The Kier molecular flexibility index (Phi) is 3.97. The summed E-state index contributed by atoms with van der Waals surface area (Å²) in [7, 11) is 0. The van der Waals surface area contributed by atoms with E-state index in [1.165, 1.54) is 12.1 Å². The van der Waals surface area contributed by atoms with Gasteiger partial charge in [0.2, 0.25) is 0 Å². The van der Waals surface area contributed by atoms with Crippen LogP contribution < -0.4 is 10.1 Å². The zero-order valence-electron chi connectivity index (χ0n) is 9.40. The molecular weight excluding hydrogens is 217 g/mol. The first-order valence-corrected chi connectivity index (χ1v) is 5.52. The fourth-order valence-electron chi connectivity index (χ4n) is 1.45. The molecule has 88 valence electrons. The van der Waals surface area contributed by atoms with E-state index in [9.17, 15) is 4.39 Å². The predicted molar refractivity (Wildman–Crippen MR) is 66.8 cm³/mol. The molecule has 17 heavy (non-hydrogen) atoms. The average Bonchev–Trinajstić information content (AvgIpc) is 2.38. The zero-order valence-corrected chi connectivity index (χ0v) is 9.40. The summed E-state index contributed by atoms with van der Waals surface area (Å²) in [6.07, 6.45) is 0. The normalized spacial score (nSPS) is 9.94. The van der Waals surface area contributed by atoms with Gasteiger partial charge in [-0.05, 0) is 36.4 Å². The smallest absolute Gasteiger partial charge is 0.123 e. The lowest BCUT2D eigenvalue weighted by molar-refractivity contribution is 0.333. The fraction of sp³-hybridized carbons (Fsp3) is 0.143. The molecule has 0 heterocycles. The number of hydrogen-bond acceptors (Lipinski definition) is 2. The van der Waals surface area contributed by atoms with E-state index in [-0.39, 0.29) is 5.82 Å². The van der Waals surface area contributed by atoms with Gasteiger partial charge in [-0.1, -0.05) is 18.2 Å². The maximum absolute atomic E-state index is 12.6. The zero-order chi connectivity index (χ0) is 11.9. The molecule has 2 aromatic carbocycles. The standard InChI is InChI=1S/C14H14FNO/c15-12-6-8-13(9-7-12)16-10-11-17-14-4-2-1-3-5-14/h1-9,16H,10-11H2. The van der Waals surface area contributed by atoms with Crippen molar-refractivity contribution in [2.45, 2.75) is 0 Å². The van der Waals surface area contributed by atoms with Gasteiger partial charge in [-0.15, -0.1) is 0 Å². The molecule has 0 radical (unpaired) electrons. The molecule has 2 rings (SSSR count). The third-order valence-corrected chi connectivity index (χ3v) is 2.29. The quantitative estimate of drug-likeness (QED) is 0.797. The largest absolute Gasteiger partial charge is 0.492 e. The molecule has 3 heteroatoms. The van der Waals surface area contributed by atoms with Crippen LogP contribution in [-0.4, -0.2) is 13.2 Å². The first-order valence-electron chi connectivity index (χ1n) is 5.52. The van der Waals surface area contributed by atoms with Crippen LogP contribution in [0.3, 0.4) is 0 Å². The monoisotopic (exact) mass is 231 g/mol. The SMILES string of the molecule is Fc1ccc(NCCOc2ccccc2)cc1. The number of ether oxygens (including phenoxy) is 1. The summed E-state index contributed by atoms with van der Waals surface area (Å²) in [6.45, 7) is 1.25. The van der Waals surface area contributed by atoms with Crippen molar-refractivity contribution >= 4 is 5.69 Å². The molecule has 0 aliphatic carbocycles. The molecule has 2 aromatic rings. The van der Waals surface area contributed by atoms with Crippen LogP contribution in [0.1, 0.15) is 0 Å². The van der Waals surface area contributed by atoms with Crippen molar-refractivity contribution in [1.29, 1.82) is 0 Å². The van der Waals surface area contributed by atoms with Gasteiger partial charge in [0.05, 0.1) is 0 Å². The first-order chi connectivity index (χ1) is 8.34. The van der Waals surface area contributed by atoms with Gasteiger partial charge in [0.1, 0.15) is 18.2 Å². The lowest BCUT2D eigenvalue weighted by Crippen LogP contribution is -2.11. The number of halogens is 1. The summed E-state index contributed by atoms with van der Waals surface area (Å²) < 4.78 is 18.2. The minimum atomic E-state index is -0.226. The Bertz CT molecular complexity index is 442. The number of benzene rings is 2. The van der Waals surface area contributed by atoms with Gasteiger partial charge in [0.15, 0.2) is 0 Å². The summed E-state index contributed by atoms with van der Waals surface area (Å²) in [6, 6.07) is 15.9. The van der Waals surface area contributed by atoms with Gasteiger partial charge >= 0.3 is 0 Å². The Hall–Kier alpha value is -2.03. The van der Waals surface area contributed by atoms with E-state index in [0.717, 1.165) is 11.4 Å². The maximum Gasteiger partial charge on any atom is 0.123 e. The molecule has 0 saturated heterocycles. The van der Waals surface area contributed by atoms with Gasteiger partial charge in [-0.2, -0.15) is 0 Å². The predicted octanol–water partition coefficient (Wildman–Crippen LogP) is 3.32. The minimum absolute atomic E-state index is 0.226. The second-order valence-corrected chi connectivity index (χ2v) is 3.60. The van der Waals surface area contributed by atoms with Gasteiger partial charge in [-0.25, -0.2) is 4.39 Å². The third kappa shape index (κ3) is 3.79. The number of para-hydroxylation sites is 1. The van der Waals surface area contributed by atoms with E-state index < -0.39 is 0 Å². The van der Waals surface area contributed by atoms with E-state index in [0.29, 0.717) is 13.2 Å². The van der Waals surface area contributed by atoms with E-state index in [1.54, 1.807) is 12.1 Å². The molecular formula is C14H14FNO. The third-order valence-electron chi connectivity index (χ3n) is 2.29. The van der Waals surface area contributed by atoms with E-state index >= 15 is 0 Å². The lowest BCUT2D eigenvalue weighted by atomic mass is 10.3. The second kappa shape index (κ2) is 5.89. The summed E-state index contributed by atoms with van der Waals surface area (Å²) in [5, 5.41) is 3.15. The molecule has 0 unspecified atom stereocenters. The highest BCUT2D eigenvalue weighted by Crippen LogP contribution is 2.09. The van der Waals surface area contributed by atoms with Gasteiger partial charge < -0.3 is 10.1 Å². The maximum atomic E-state index is 12.6. The van der Waals surface area contributed by atoms with Crippen molar-refractivity contribution in [3.8, 4) is 5.75 Å². The Morgan fingerprint density at radius 2 is 1.65 bits per heavy atom. The first kappa shape index (κ1) is 11.5. The van der Waals surface area contributed by atoms with Crippen molar-refractivity contribution in [1.82, 2.24) is 0 Å². The topological polar surface area (TPSA) is 21.3 Å². The Morgan fingerprint density at radius 1 is 0.941 bits per heavy atom. The van der Waals surface area contributed by atoms with Crippen LogP contribution in [0.25, 0.3) is 0 Å². The number of hydrogen-bond donors (Lipinski definition) is 1. The Labute approximate surface area is 100 Å². The van der Waals surface area contributed by atoms with Crippen LogP contribution in [0.15, 0.2) is 54.6 Å². The highest BCUT2D eigenvalue weighted by Gasteiger charge is 1.94. The van der Waals surface area contributed by atoms with Crippen molar-refractivity contribution in [3.63, 3.8) is 0 Å². The summed E-state index contributed by atoms with van der Waals surface area (Å²) in [5.74, 6) is 0.629. The molecule has 2 nitrogen and oxygen atoms in total. The molecule has 0 atom stereocenters. The number of nitrogens with one attached hydrogen (secondary N) is 1. The fourth-order valence-corrected chi connectivity index (χ4v) is 1.45. The minimum Gasteiger partial charge on any atom is -0.492 e. The van der Waals surface area contributed by atoms with Crippen LogP contribution in [0, 0.1) is 5.82 Å². The van der Waals surface area contributed by atoms with Crippen LogP contribution >= 0.6 is 0 Å². The van der Waals surface area contributed by atoms with E-state index in [1.807, 2.05) is 30.3 Å². The molecule has 0 amide bonds. The van der Waals surface area contributed by atoms with Gasteiger partial charge in [-0.3, -0.25) is 0 Å². The Balaban J connectivity index is 1.71. The van der Waals surface area contributed by atoms with Gasteiger partial charge in [0, 0.05) is 12.2 Å². The van der Waals surface area contributed by atoms with Crippen LogP contribution in [0.4, 0.5) is 10.1 Å². The summed E-state index contributed by atoms with van der Waals surface area (Å²) in [4.78, 5) is 0.